The molecule has 0 fully saturated rings. The maximum atomic E-state index is 5.92. The number of benzene rings is 2. The topological polar surface area (TPSA) is 59.6 Å². The second kappa shape index (κ2) is 6.61. The van der Waals surface area contributed by atoms with Crippen molar-refractivity contribution in [3.05, 3.63) is 54.1 Å². The summed E-state index contributed by atoms with van der Waals surface area (Å²) >= 11 is 0. The fourth-order valence-corrected chi connectivity index (χ4v) is 1.86. The van der Waals surface area contributed by atoms with Gasteiger partial charge in [0, 0.05) is 11.8 Å². The second-order valence-corrected chi connectivity index (χ2v) is 4.38. The summed E-state index contributed by atoms with van der Waals surface area (Å²) in [5, 5.41) is 3.09. The molecule has 0 unspecified atom stereocenters. The van der Waals surface area contributed by atoms with Gasteiger partial charge in [-0.3, -0.25) is 0 Å². The molecule has 0 aliphatic heterocycles. The molecule has 2 aromatic carbocycles. The van der Waals surface area contributed by atoms with Gasteiger partial charge in [-0.2, -0.15) is 0 Å². The maximum Gasteiger partial charge on any atom is 0.198 e. The molecule has 0 aliphatic carbocycles. The summed E-state index contributed by atoms with van der Waals surface area (Å²) in [6.07, 6.45) is 0.989. The van der Waals surface area contributed by atoms with Crippen molar-refractivity contribution in [1.29, 1.82) is 0 Å². The Morgan fingerprint density at radius 2 is 2.00 bits per heavy atom. The van der Waals surface area contributed by atoms with E-state index in [0.29, 0.717) is 5.96 Å². The Kier molecular flexibility index (Phi) is 4.60. The third-order valence-corrected chi connectivity index (χ3v) is 2.91. The fraction of sp³-hybridized carbons (Fsp3) is 0.188. The van der Waals surface area contributed by atoms with Gasteiger partial charge in [-0.15, -0.1) is 0 Å². The zero-order valence-electron chi connectivity index (χ0n) is 11.8. The van der Waals surface area contributed by atoms with Crippen LogP contribution in [0.2, 0.25) is 0 Å². The van der Waals surface area contributed by atoms with Crippen LogP contribution in [0.25, 0.3) is 0 Å². The van der Waals surface area contributed by atoms with Crippen LogP contribution in [-0.4, -0.2) is 13.1 Å². The highest BCUT2D eigenvalue weighted by molar-refractivity contribution is 5.94. The molecule has 0 aliphatic rings. The van der Waals surface area contributed by atoms with Crippen LogP contribution in [0.4, 0.5) is 11.4 Å². The van der Waals surface area contributed by atoms with Crippen molar-refractivity contribution in [1.82, 2.24) is 0 Å². The Labute approximate surface area is 119 Å². The monoisotopic (exact) mass is 269 g/mol. The number of nitrogens with zero attached hydrogens (tertiary/aromatic N) is 1. The molecule has 2 rings (SSSR count). The SMILES string of the molecule is CCc1cccc(NC(N)=Nc2cccc(OC)c2)c1. The van der Waals surface area contributed by atoms with Crippen molar-refractivity contribution in [2.75, 3.05) is 12.4 Å². The van der Waals surface area contributed by atoms with E-state index in [9.17, 15) is 0 Å². The Balaban J connectivity index is 2.13. The molecule has 0 saturated carbocycles. The van der Waals surface area contributed by atoms with Crippen LogP contribution in [0, 0.1) is 0 Å². The number of aliphatic imine (C=N–C) groups is 1. The minimum atomic E-state index is 0.353. The molecule has 0 amide bonds. The van der Waals surface area contributed by atoms with Crippen LogP contribution < -0.4 is 15.8 Å². The number of ether oxygens (including phenoxy) is 1. The van der Waals surface area contributed by atoms with Gasteiger partial charge in [0.25, 0.3) is 0 Å². The third kappa shape index (κ3) is 3.75. The first-order valence-electron chi connectivity index (χ1n) is 6.55. The van der Waals surface area contributed by atoms with Crippen molar-refractivity contribution in [3.8, 4) is 5.75 Å². The van der Waals surface area contributed by atoms with E-state index in [1.165, 1.54) is 5.56 Å². The van der Waals surface area contributed by atoms with Crippen LogP contribution in [0.1, 0.15) is 12.5 Å². The summed E-state index contributed by atoms with van der Waals surface area (Å²) < 4.78 is 5.15. The summed E-state index contributed by atoms with van der Waals surface area (Å²) in [5.41, 5.74) is 8.86. The normalized spacial score (nSPS) is 11.2. The van der Waals surface area contributed by atoms with Gasteiger partial charge in [-0.05, 0) is 36.2 Å². The lowest BCUT2D eigenvalue weighted by atomic mass is 10.1. The Morgan fingerprint density at radius 3 is 2.75 bits per heavy atom. The molecule has 0 atom stereocenters. The number of aryl methyl sites for hydroxylation is 1. The fourth-order valence-electron chi connectivity index (χ4n) is 1.86. The molecule has 0 spiro atoms. The Morgan fingerprint density at radius 1 is 1.20 bits per heavy atom. The number of nitrogens with one attached hydrogen (secondary N) is 1. The van der Waals surface area contributed by atoms with Gasteiger partial charge in [0.2, 0.25) is 0 Å². The Hall–Kier alpha value is -2.49. The molecule has 0 radical (unpaired) electrons. The lowest BCUT2D eigenvalue weighted by Crippen LogP contribution is -2.21. The molecule has 2 aromatic rings. The van der Waals surface area contributed by atoms with Crippen molar-refractivity contribution in [2.24, 2.45) is 10.7 Å². The van der Waals surface area contributed by atoms with E-state index in [2.05, 4.69) is 29.4 Å². The smallest absolute Gasteiger partial charge is 0.198 e. The van der Waals surface area contributed by atoms with E-state index < -0.39 is 0 Å². The zero-order valence-corrected chi connectivity index (χ0v) is 11.8. The van der Waals surface area contributed by atoms with Gasteiger partial charge < -0.3 is 15.8 Å². The first-order valence-corrected chi connectivity index (χ1v) is 6.55. The standard InChI is InChI=1S/C16H19N3O/c1-3-12-6-4-7-13(10-12)18-16(17)19-14-8-5-9-15(11-14)20-2/h4-11H,3H2,1-2H3,(H3,17,18,19). The summed E-state index contributed by atoms with van der Waals surface area (Å²) in [7, 11) is 1.63. The minimum absolute atomic E-state index is 0.353. The number of guanidine groups is 1. The average molecular weight is 269 g/mol. The van der Waals surface area contributed by atoms with Gasteiger partial charge in [-0.1, -0.05) is 25.1 Å². The molecular formula is C16H19N3O. The van der Waals surface area contributed by atoms with Crippen LogP contribution in [0.5, 0.6) is 5.75 Å². The number of hydrogen-bond acceptors (Lipinski definition) is 2. The van der Waals surface area contributed by atoms with Crippen LogP contribution >= 0.6 is 0 Å². The molecule has 0 bridgehead atoms. The highest BCUT2D eigenvalue weighted by Crippen LogP contribution is 2.19. The van der Waals surface area contributed by atoms with Crippen molar-refractivity contribution in [2.45, 2.75) is 13.3 Å². The number of methoxy groups -OCH3 is 1. The molecule has 4 nitrogen and oxygen atoms in total. The molecular weight excluding hydrogens is 250 g/mol. The molecule has 20 heavy (non-hydrogen) atoms. The molecule has 4 heteroatoms. The van der Waals surface area contributed by atoms with Gasteiger partial charge in [0.05, 0.1) is 12.8 Å². The van der Waals surface area contributed by atoms with Crippen LogP contribution in [-0.2, 0) is 6.42 Å². The summed E-state index contributed by atoms with van der Waals surface area (Å²) in [5.74, 6) is 1.11. The summed E-state index contributed by atoms with van der Waals surface area (Å²) in [6, 6.07) is 15.6. The quantitative estimate of drug-likeness (QED) is 0.661. The summed E-state index contributed by atoms with van der Waals surface area (Å²) in [6.45, 7) is 2.12. The van der Waals surface area contributed by atoms with Crippen LogP contribution in [0.15, 0.2) is 53.5 Å². The molecule has 0 saturated heterocycles. The number of nitrogens with two attached hydrogens (primary N) is 1. The van der Waals surface area contributed by atoms with E-state index in [-0.39, 0.29) is 0 Å². The van der Waals surface area contributed by atoms with Gasteiger partial charge in [-0.25, -0.2) is 4.99 Å². The van der Waals surface area contributed by atoms with E-state index in [4.69, 9.17) is 10.5 Å². The third-order valence-electron chi connectivity index (χ3n) is 2.91. The largest absolute Gasteiger partial charge is 0.497 e. The minimum Gasteiger partial charge on any atom is -0.497 e. The maximum absolute atomic E-state index is 5.92. The molecule has 104 valence electrons. The lowest BCUT2D eigenvalue weighted by Gasteiger charge is -2.07. The second-order valence-electron chi connectivity index (χ2n) is 4.38. The van der Waals surface area contributed by atoms with Gasteiger partial charge in [0.1, 0.15) is 5.75 Å². The highest BCUT2D eigenvalue weighted by atomic mass is 16.5. The predicted molar refractivity (Wildman–Crippen MR) is 83.7 cm³/mol. The van der Waals surface area contributed by atoms with Gasteiger partial charge >= 0.3 is 0 Å². The van der Waals surface area contributed by atoms with Crippen molar-refractivity contribution >= 4 is 17.3 Å². The van der Waals surface area contributed by atoms with Crippen molar-refractivity contribution in [3.63, 3.8) is 0 Å². The number of rotatable bonds is 4. The first-order chi connectivity index (χ1) is 9.71. The summed E-state index contributed by atoms with van der Waals surface area (Å²) in [4.78, 5) is 4.32. The van der Waals surface area contributed by atoms with E-state index in [1.807, 2.05) is 36.4 Å². The zero-order chi connectivity index (χ0) is 14.4. The predicted octanol–water partition coefficient (Wildman–Crippen LogP) is 3.32. The van der Waals surface area contributed by atoms with E-state index >= 15 is 0 Å². The van der Waals surface area contributed by atoms with E-state index in [1.54, 1.807) is 7.11 Å². The number of hydrogen-bond donors (Lipinski definition) is 2. The highest BCUT2D eigenvalue weighted by Gasteiger charge is 1.98. The van der Waals surface area contributed by atoms with Gasteiger partial charge in [0.15, 0.2) is 5.96 Å². The number of anilines is 1. The molecule has 3 N–H and O–H groups in total. The van der Waals surface area contributed by atoms with E-state index in [0.717, 1.165) is 23.5 Å². The lowest BCUT2D eigenvalue weighted by molar-refractivity contribution is 0.415. The average Bonchev–Trinajstić information content (AvgIpc) is 2.47. The molecule has 0 aromatic heterocycles. The van der Waals surface area contributed by atoms with Crippen molar-refractivity contribution < 1.29 is 4.74 Å². The molecule has 0 heterocycles. The first kappa shape index (κ1) is 13.9. The Bertz CT molecular complexity index is 608. The van der Waals surface area contributed by atoms with Crippen LogP contribution in [0.3, 0.4) is 0 Å².